The number of quaternary nitrogens is 1. The van der Waals surface area contributed by atoms with Crippen LogP contribution in [0.25, 0.3) is 0 Å². The van der Waals surface area contributed by atoms with Crippen molar-refractivity contribution in [2.24, 2.45) is 5.41 Å². The van der Waals surface area contributed by atoms with Gasteiger partial charge in [-0.1, -0.05) is 20.8 Å². The van der Waals surface area contributed by atoms with E-state index in [4.69, 9.17) is 0 Å². The van der Waals surface area contributed by atoms with Crippen LogP contribution in [0.3, 0.4) is 0 Å². The molecule has 0 bridgehead atoms. The lowest BCUT2D eigenvalue weighted by Crippen LogP contribution is -3.19. The summed E-state index contributed by atoms with van der Waals surface area (Å²) < 4.78 is 0. The molecule has 0 spiro atoms. The van der Waals surface area contributed by atoms with Crippen LogP contribution in [-0.4, -0.2) is 11.6 Å². The molecular weight excluding hydrogens is 150 g/mol. The Kier molecular flexibility index (Phi) is 3.32. The van der Waals surface area contributed by atoms with Crippen molar-refractivity contribution in [2.75, 3.05) is 0 Å². The van der Waals surface area contributed by atoms with E-state index in [0.29, 0.717) is 5.06 Å². The topological polar surface area (TPSA) is 27.5 Å². The van der Waals surface area contributed by atoms with Crippen molar-refractivity contribution in [3.05, 3.63) is 5.21 Å². The molecule has 74 valence electrons. The van der Waals surface area contributed by atoms with Crippen molar-refractivity contribution in [1.29, 1.82) is 0 Å². The fourth-order valence-electron chi connectivity index (χ4n) is 1.04. The molecule has 1 N–H and O–H groups in total. The SMILES string of the molecule is CC([NH+]([O-])C(C)(C)C)C(C)(C)C. The first kappa shape index (κ1) is 11.9. The Balaban J connectivity index is 4.41. The van der Waals surface area contributed by atoms with E-state index in [-0.39, 0.29) is 17.0 Å². The third kappa shape index (κ3) is 3.11. The first-order valence-electron chi connectivity index (χ1n) is 4.61. The second kappa shape index (κ2) is 3.35. The maximum absolute atomic E-state index is 11.8. The molecule has 0 aromatic rings. The van der Waals surface area contributed by atoms with Crippen molar-refractivity contribution >= 4 is 0 Å². The number of hydrogen-bond acceptors (Lipinski definition) is 1. The minimum atomic E-state index is -0.202. The summed E-state index contributed by atoms with van der Waals surface area (Å²) in [6, 6.07) is 0.137. The average molecular weight is 173 g/mol. The van der Waals surface area contributed by atoms with Crippen molar-refractivity contribution < 1.29 is 5.06 Å². The van der Waals surface area contributed by atoms with Crippen molar-refractivity contribution in [2.45, 2.75) is 60.0 Å². The van der Waals surface area contributed by atoms with E-state index in [2.05, 4.69) is 20.8 Å². The zero-order valence-electron chi connectivity index (χ0n) is 9.49. The maximum Gasteiger partial charge on any atom is 0.0895 e. The minimum absolute atomic E-state index is 0.0877. The van der Waals surface area contributed by atoms with Gasteiger partial charge in [-0.15, -0.1) is 0 Å². The molecule has 2 heteroatoms. The van der Waals surface area contributed by atoms with Crippen molar-refractivity contribution in [3.63, 3.8) is 0 Å². The molecular formula is C10H23NO. The molecule has 0 aromatic carbocycles. The van der Waals surface area contributed by atoms with Crippen LogP contribution in [0.4, 0.5) is 0 Å². The fraction of sp³-hybridized carbons (Fsp3) is 1.00. The van der Waals surface area contributed by atoms with E-state index in [0.717, 1.165) is 0 Å². The van der Waals surface area contributed by atoms with Crippen LogP contribution in [0.5, 0.6) is 0 Å². The zero-order valence-corrected chi connectivity index (χ0v) is 9.49. The second-order valence-electron chi connectivity index (χ2n) is 5.70. The molecule has 12 heavy (non-hydrogen) atoms. The van der Waals surface area contributed by atoms with Gasteiger partial charge in [-0.3, -0.25) is 0 Å². The molecule has 2 unspecified atom stereocenters. The van der Waals surface area contributed by atoms with Crippen LogP contribution in [0.15, 0.2) is 0 Å². The number of nitrogens with one attached hydrogen (secondary N) is 1. The number of rotatable bonds is 1. The van der Waals surface area contributed by atoms with Crippen LogP contribution in [-0.2, 0) is 0 Å². The molecule has 2 atom stereocenters. The van der Waals surface area contributed by atoms with E-state index in [1.54, 1.807) is 0 Å². The normalized spacial score (nSPS) is 19.0. The maximum atomic E-state index is 11.8. The molecule has 2 nitrogen and oxygen atoms in total. The standard InChI is InChI=1S/C10H23NO/c1-8(9(2,3)4)11(12)10(5,6)7/h8,11H,1-7H3. The zero-order chi connectivity index (χ0) is 10.2. The molecule has 0 saturated carbocycles. The summed E-state index contributed by atoms with van der Waals surface area (Å²) in [6.07, 6.45) is 0. The lowest BCUT2D eigenvalue weighted by molar-refractivity contribution is -0.928. The molecule has 0 radical (unpaired) electrons. The lowest BCUT2D eigenvalue weighted by atomic mass is 9.86. The summed E-state index contributed by atoms with van der Waals surface area (Å²) >= 11 is 0. The van der Waals surface area contributed by atoms with Crippen LogP contribution >= 0.6 is 0 Å². The Hall–Kier alpha value is -0.0800. The van der Waals surface area contributed by atoms with E-state index in [9.17, 15) is 5.21 Å². The van der Waals surface area contributed by atoms with Gasteiger partial charge in [0.05, 0.1) is 11.6 Å². The van der Waals surface area contributed by atoms with Crippen LogP contribution in [0.1, 0.15) is 48.5 Å². The highest BCUT2D eigenvalue weighted by atomic mass is 16.5. The van der Waals surface area contributed by atoms with E-state index in [1.165, 1.54) is 0 Å². The van der Waals surface area contributed by atoms with E-state index in [1.807, 2.05) is 27.7 Å². The van der Waals surface area contributed by atoms with Gasteiger partial charge in [0.1, 0.15) is 0 Å². The summed E-state index contributed by atoms with van der Waals surface area (Å²) in [5.41, 5.74) is -0.114. The molecule has 0 fully saturated rings. The number of hydrogen-bond donors (Lipinski definition) is 1. The van der Waals surface area contributed by atoms with Crippen LogP contribution < -0.4 is 5.06 Å². The Labute approximate surface area is 76.5 Å². The summed E-state index contributed by atoms with van der Waals surface area (Å²) in [4.78, 5) is 0. The summed E-state index contributed by atoms with van der Waals surface area (Å²) in [5.74, 6) is 0. The third-order valence-electron chi connectivity index (χ3n) is 2.43. The Morgan fingerprint density at radius 1 is 1.00 bits per heavy atom. The Morgan fingerprint density at radius 3 is 1.42 bits per heavy atom. The monoisotopic (exact) mass is 173 g/mol. The van der Waals surface area contributed by atoms with E-state index >= 15 is 0 Å². The molecule has 0 amide bonds. The number of hydroxylamine groups is 2. The minimum Gasteiger partial charge on any atom is -0.634 e. The fourth-order valence-corrected chi connectivity index (χ4v) is 1.04. The highest BCUT2D eigenvalue weighted by Crippen LogP contribution is 2.17. The van der Waals surface area contributed by atoms with Gasteiger partial charge in [-0.05, 0) is 27.7 Å². The van der Waals surface area contributed by atoms with Gasteiger partial charge in [0.25, 0.3) is 0 Å². The predicted octanol–water partition coefficient (Wildman–Crippen LogP) is 1.60. The average Bonchev–Trinajstić information content (AvgIpc) is 1.80. The molecule has 0 aromatic heterocycles. The van der Waals surface area contributed by atoms with E-state index < -0.39 is 0 Å². The lowest BCUT2D eigenvalue weighted by Gasteiger charge is -2.45. The van der Waals surface area contributed by atoms with Gasteiger partial charge in [0, 0.05) is 5.41 Å². The molecule has 0 aliphatic heterocycles. The van der Waals surface area contributed by atoms with Gasteiger partial charge in [0.15, 0.2) is 0 Å². The first-order chi connectivity index (χ1) is 5.07. The molecule has 0 saturated heterocycles. The van der Waals surface area contributed by atoms with Crippen molar-refractivity contribution in [3.8, 4) is 0 Å². The van der Waals surface area contributed by atoms with Crippen molar-refractivity contribution in [1.82, 2.24) is 0 Å². The van der Waals surface area contributed by atoms with Gasteiger partial charge in [-0.2, -0.15) is 0 Å². The van der Waals surface area contributed by atoms with Gasteiger partial charge in [0.2, 0.25) is 0 Å². The Morgan fingerprint density at radius 2 is 1.33 bits per heavy atom. The molecule has 0 rings (SSSR count). The highest BCUT2D eigenvalue weighted by molar-refractivity contribution is 4.71. The van der Waals surface area contributed by atoms with Gasteiger partial charge >= 0.3 is 0 Å². The van der Waals surface area contributed by atoms with Crippen LogP contribution in [0.2, 0.25) is 0 Å². The highest BCUT2D eigenvalue weighted by Gasteiger charge is 2.31. The summed E-state index contributed by atoms with van der Waals surface area (Å²) in [7, 11) is 0. The smallest absolute Gasteiger partial charge is 0.0895 e. The predicted molar refractivity (Wildman–Crippen MR) is 53.0 cm³/mol. The Bertz CT molecular complexity index is 123. The quantitative estimate of drug-likeness (QED) is 0.599. The summed E-state index contributed by atoms with van der Waals surface area (Å²) in [5, 5.41) is 12.2. The van der Waals surface area contributed by atoms with Crippen LogP contribution in [0, 0.1) is 10.6 Å². The molecule has 0 aliphatic rings. The first-order valence-corrected chi connectivity index (χ1v) is 4.61. The third-order valence-corrected chi connectivity index (χ3v) is 2.43. The van der Waals surface area contributed by atoms with Gasteiger partial charge < -0.3 is 10.3 Å². The van der Waals surface area contributed by atoms with Gasteiger partial charge in [-0.25, -0.2) is 0 Å². The molecule has 0 heterocycles. The molecule has 0 aliphatic carbocycles. The summed E-state index contributed by atoms with van der Waals surface area (Å²) in [6.45, 7) is 14.3. The largest absolute Gasteiger partial charge is 0.634 e. The second-order valence-corrected chi connectivity index (χ2v) is 5.70.